The maximum atomic E-state index is 9.99. The summed E-state index contributed by atoms with van der Waals surface area (Å²) < 4.78 is 6.97. The summed E-state index contributed by atoms with van der Waals surface area (Å²) >= 11 is 0. The van der Waals surface area contributed by atoms with E-state index in [0.29, 0.717) is 29.9 Å². The van der Waals surface area contributed by atoms with Crippen LogP contribution in [0.5, 0.6) is 5.75 Å². The van der Waals surface area contributed by atoms with Crippen molar-refractivity contribution < 1.29 is 9.84 Å². The first-order chi connectivity index (χ1) is 13.4. The molecule has 6 rings (SSSR count). The molecule has 150 valence electrons. The van der Waals surface area contributed by atoms with Crippen LogP contribution in [0.3, 0.4) is 0 Å². The molecule has 0 radical (unpaired) electrons. The number of hydrogen-bond donors (Lipinski definition) is 2. The third kappa shape index (κ3) is 2.80. The molecule has 28 heavy (non-hydrogen) atoms. The normalized spacial score (nSPS) is 41.0. The lowest BCUT2D eigenvalue weighted by atomic mass is 9.54. The Morgan fingerprint density at radius 3 is 2.86 bits per heavy atom. The predicted octanol–water partition coefficient (Wildman–Crippen LogP) is 4.20. The highest BCUT2D eigenvalue weighted by molar-refractivity contribution is 5.38. The first kappa shape index (κ1) is 18.5. The highest BCUT2D eigenvalue weighted by atomic mass is 16.5. The van der Waals surface area contributed by atoms with Gasteiger partial charge in [-0.25, -0.2) is 0 Å². The summed E-state index contributed by atoms with van der Waals surface area (Å²) in [5.74, 6) is 9.15. The van der Waals surface area contributed by atoms with Crippen molar-refractivity contribution in [2.24, 2.45) is 29.4 Å². The average molecular weight is 380 g/mol. The Morgan fingerprint density at radius 1 is 1.18 bits per heavy atom. The lowest BCUT2D eigenvalue weighted by Crippen LogP contribution is -2.71. The molecular formula is C25H33NO2. The van der Waals surface area contributed by atoms with E-state index in [1.165, 1.54) is 43.2 Å². The van der Waals surface area contributed by atoms with Crippen LogP contribution in [0.15, 0.2) is 18.2 Å². The van der Waals surface area contributed by atoms with Crippen molar-refractivity contribution in [3.8, 4) is 17.6 Å². The van der Waals surface area contributed by atoms with Gasteiger partial charge in [0.2, 0.25) is 0 Å². The number of phenolic OH excluding ortho intramolecular Hbond substituents is 1. The van der Waals surface area contributed by atoms with Gasteiger partial charge < -0.3 is 15.6 Å². The first-order valence-corrected chi connectivity index (χ1v) is 11.1. The SMILES string of the molecule is CC1(C)O[C@@]23CC[C@H]1[C@H](N)[C@H]2C#CCc1cc(O)ccc1C[C@@H]1CCC[C@@H]3C1. The topological polar surface area (TPSA) is 55.5 Å². The molecule has 3 aliphatic carbocycles. The molecule has 0 amide bonds. The van der Waals surface area contributed by atoms with Gasteiger partial charge in [0.25, 0.3) is 0 Å². The predicted molar refractivity (Wildman–Crippen MR) is 111 cm³/mol. The fourth-order valence-electron chi connectivity index (χ4n) is 7.00. The zero-order valence-electron chi connectivity index (χ0n) is 17.2. The van der Waals surface area contributed by atoms with E-state index in [0.717, 1.165) is 12.8 Å². The number of ether oxygens (including phenoxy) is 1. The van der Waals surface area contributed by atoms with Gasteiger partial charge in [-0.2, -0.15) is 0 Å². The molecule has 4 fully saturated rings. The van der Waals surface area contributed by atoms with Crippen LogP contribution in [-0.4, -0.2) is 22.4 Å². The van der Waals surface area contributed by atoms with Crippen molar-refractivity contribution in [3.63, 3.8) is 0 Å². The number of fused-ring (bicyclic) bond motifs is 5. The van der Waals surface area contributed by atoms with Gasteiger partial charge in [-0.05, 0) is 81.0 Å². The van der Waals surface area contributed by atoms with E-state index in [-0.39, 0.29) is 23.2 Å². The second kappa shape index (κ2) is 6.51. The van der Waals surface area contributed by atoms with E-state index >= 15 is 0 Å². The summed E-state index contributed by atoms with van der Waals surface area (Å²) in [5.41, 5.74) is 9.07. The Balaban J connectivity index is 1.60. The van der Waals surface area contributed by atoms with Crippen molar-refractivity contribution in [1.82, 2.24) is 0 Å². The maximum Gasteiger partial charge on any atom is 0.115 e. The average Bonchev–Trinajstić information content (AvgIpc) is 2.66. The molecule has 2 aliphatic heterocycles. The molecule has 3 heteroatoms. The molecule has 0 unspecified atom stereocenters. The van der Waals surface area contributed by atoms with Gasteiger partial charge in [-0.15, -0.1) is 0 Å². The molecule has 1 spiro atoms. The number of aromatic hydroxyl groups is 1. The zero-order valence-corrected chi connectivity index (χ0v) is 17.2. The largest absolute Gasteiger partial charge is 0.508 e. The third-order valence-corrected chi connectivity index (χ3v) is 8.28. The molecule has 2 saturated carbocycles. The van der Waals surface area contributed by atoms with Crippen LogP contribution in [-0.2, 0) is 17.6 Å². The van der Waals surface area contributed by atoms with Gasteiger partial charge in [0.05, 0.1) is 17.1 Å². The molecule has 2 heterocycles. The molecule has 3 nitrogen and oxygen atoms in total. The molecule has 1 aromatic carbocycles. The summed E-state index contributed by atoms with van der Waals surface area (Å²) in [6, 6.07) is 5.93. The van der Waals surface area contributed by atoms with Gasteiger partial charge in [-0.1, -0.05) is 30.7 Å². The lowest BCUT2D eigenvalue weighted by molar-refractivity contribution is -0.285. The van der Waals surface area contributed by atoms with Crippen molar-refractivity contribution >= 4 is 0 Å². The summed E-state index contributed by atoms with van der Waals surface area (Å²) in [7, 11) is 0. The lowest BCUT2D eigenvalue weighted by Gasteiger charge is -2.63. The summed E-state index contributed by atoms with van der Waals surface area (Å²) in [5, 5.41) is 9.99. The second-order valence-electron chi connectivity index (χ2n) is 10.2. The highest BCUT2D eigenvalue weighted by Gasteiger charge is 2.62. The minimum atomic E-state index is -0.179. The fourth-order valence-corrected chi connectivity index (χ4v) is 7.00. The smallest absolute Gasteiger partial charge is 0.115 e. The molecule has 2 saturated heterocycles. The van der Waals surface area contributed by atoms with Crippen LogP contribution in [0.2, 0.25) is 0 Å². The fraction of sp³-hybridized carbons (Fsp3) is 0.680. The Bertz CT molecular complexity index is 835. The number of rotatable bonds is 0. The van der Waals surface area contributed by atoms with Crippen LogP contribution in [0.25, 0.3) is 0 Å². The van der Waals surface area contributed by atoms with E-state index in [4.69, 9.17) is 10.5 Å². The first-order valence-electron chi connectivity index (χ1n) is 11.1. The standard InChI is InChI=1S/C25H33NO2/c1-24(2)21-11-12-25(28-24)19-7-3-5-16(14-19)13-18-9-10-20(27)15-17(18)6-4-8-22(25)23(21)26/h9-10,15-16,19,21-23,27H,3,5-7,11-14,26H2,1-2H3/t16-,19+,21-,22+,23-,25+/m0/s1. The molecule has 6 atom stereocenters. The van der Waals surface area contributed by atoms with Gasteiger partial charge in [0.15, 0.2) is 0 Å². The van der Waals surface area contributed by atoms with Crippen molar-refractivity contribution in [3.05, 3.63) is 29.3 Å². The van der Waals surface area contributed by atoms with Crippen molar-refractivity contribution in [2.45, 2.75) is 82.5 Å². The van der Waals surface area contributed by atoms with Gasteiger partial charge in [0, 0.05) is 18.4 Å². The Kier molecular flexibility index (Phi) is 4.30. The van der Waals surface area contributed by atoms with E-state index < -0.39 is 0 Å². The number of nitrogens with two attached hydrogens (primary N) is 1. The van der Waals surface area contributed by atoms with E-state index in [9.17, 15) is 5.11 Å². The van der Waals surface area contributed by atoms with Crippen LogP contribution < -0.4 is 5.73 Å². The van der Waals surface area contributed by atoms with Crippen molar-refractivity contribution in [2.75, 3.05) is 0 Å². The Labute approximate surface area is 169 Å². The van der Waals surface area contributed by atoms with Gasteiger partial charge in [-0.3, -0.25) is 0 Å². The van der Waals surface area contributed by atoms with E-state index in [1.807, 2.05) is 12.1 Å². The maximum absolute atomic E-state index is 9.99. The summed E-state index contributed by atoms with van der Waals surface area (Å²) in [6.45, 7) is 4.48. The van der Waals surface area contributed by atoms with Crippen LogP contribution in [0, 0.1) is 35.5 Å². The van der Waals surface area contributed by atoms with Gasteiger partial charge >= 0.3 is 0 Å². The zero-order chi connectivity index (χ0) is 19.5. The highest BCUT2D eigenvalue weighted by Crippen LogP contribution is 2.58. The number of phenols is 1. The van der Waals surface area contributed by atoms with Crippen molar-refractivity contribution in [1.29, 1.82) is 0 Å². The molecule has 1 aromatic rings. The van der Waals surface area contributed by atoms with Gasteiger partial charge in [0.1, 0.15) is 5.75 Å². The Morgan fingerprint density at radius 2 is 2.04 bits per heavy atom. The van der Waals surface area contributed by atoms with Crippen LogP contribution in [0.4, 0.5) is 0 Å². The monoisotopic (exact) mass is 379 g/mol. The number of hydrogen-bond acceptors (Lipinski definition) is 3. The van der Waals surface area contributed by atoms with E-state index in [1.54, 1.807) is 0 Å². The molecule has 3 N–H and O–H groups in total. The minimum Gasteiger partial charge on any atom is -0.508 e. The minimum absolute atomic E-state index is 0.0924. The Hall–Kier alpha value is -1.50. The molecule has 5 aliphatic rings. The van der Waals surface area contributed by atoms with E-state index in [2.05, 4.69) is 31.8 Å². The quantitative estimate of drug-likeness (QED) is 0.664. The van der Waals surface area contributed by atoms with Crippen LogP contribution in [0.1, 0.15) is 63.5 Å². The summed E-state index contributed by atoms with van der Waals surface area (Å²) in [4.78, 5) is 0. The molecule has 4 bridgehead atoms. The molecular weight excluding hydrogens is 346 g/mol. The second-order valence-corrected chi connectivity index (χ2v) is 10.2. The molecule has 0 aromatic heterocycles. The van der Waals surface area contributed by atoms with Crippen LogP contribution >= 0.6 is 0 Å². The number of benzene rings is 1. The third-order valence-electron chi connectivity index (χ3n) is 8.28. The summed E-state index contributed by atoms with van der Waals surface area (Å²) in [6.07, 6.45) is 9.07.